The lowest BCUT2D eigenvalue weighted by atomic mass is 10.1. The van der Waals surface area contributed by atoms with Crippen LogP contribution in [0.1, 0.15) is 17.4 Å². The van der Waals surface area contributed by atoms with E-state index in [4.69, 9.17) is 5.11 Å². The Morgan fingerprint density at radius 1 is 1.38 bits per heavy atom. The molecule has 0 bridgehead atoms. The highest BCUT2D eigenvalue weighted by Crippen LogP contribution is 2.11. The summed E-state index contributed by atoms with van der Waals surface area (Å²) in [6.07, 6.45) is 4.42. The van der Waals surface area contributed by atoms with Gasteiger partial charge in [0.05, 0.1) is 12.7 Å². The minimum absolute atomic E-state index is 0.103. The van der Waals surface area contributed by atoms with Crippen LogP contribution in [0.15, 0.2) is 18.7 Å². The van der Waals surface area contributed by atoms with E-state index in [0.717, 1.165) is 0 Å². The number of nitrogens with one attached hydrogen (secondary N) is 2. The predicted molar refractivity (Wildman–Crippen MR) is 70.0 cm³/mol. The molecule has 0 radical (unpaired) electrons. The largest absolute Gasteiger partial charge is 0.479 e. The molecule has 1 unspecified atom stereocenters. The van der Waals surface area contributed by atoms with Crippen LogP contribution in [-0.4, -0.2) is 41.7 Å². The van der Waals surface area contributed by atoms with Crippen LogP contribution in [0.25, 0.3) is 0 Å². The minimum atomic E-state index is -1.17. The lowest BCUT2D eigenvalue weighted by molar-refractivity contribution is -0.139. The maximum absolute atomic E-state index is 11.7. The van der Waals surface area contributed by atoms with Gasteiger partial charge in [0.25, 0.3) is 0 Å². The number of aliphatic carboxylic acids is 1. The van der Waals surface area contributed by atoms with Gasteiger partial charge in [0.2, 0.25) is 0 Å². The van der Waals surface area contributed by atoms with Gasteiger partial charge in [-0.25, -0.2) is 14.6 Å². The molecule has 0 spiro atoms. The van der Waals surface area contributed by atoms with Crippen LogP contribution in [-0.2, 0) is 25.4 Å². The van der Waals surface area contributed by atoms with Crippen LogP contribution in [0, 0.1) is 0 Å². The van der Waals surface area contributed by atoms with Crippen molar-refractivity contribution in [1.29, 1.82) is 0 Å². The smallest absolute Gasteiger partial charge is 0.331 e. The number of amides is 2. The van der Waals surface area contributed by atoms with Crippen molar-refractivity contribution in [2.45, 2.75) is 12.6 Å². The fourth-order valence-electron chi connectivity index (χ4n) is 1.68. The minimum Gasteiger partial charge on any atom is -0.479 e. The van der Waals surface area contributed by atoms with Crippen LogP contribution < -0.4 is 10.6 Å². The molecule has 2 amide bonds. The van der Waals surface area contributed by atoms with Crippen molar-refractivity contribution in [3.8, 4) is 0 Å². The maximum atomic E-state index is 11.7. The molecule has 3 N–H and O–H groups in total. The van der Waals surface area contributed by atoms with Gasteiger partial charge in [-0.05, 0) is 0 Å². The first kappa shape index (κ1) is 14.5. The first-order valence-electron chi connectivity index (χ1n) is 6.06. The van der Waals surface area contributed by atoms with Gasteiger partial charge in [0.1, 0.15) is 6.33 Å². The molecule has 2 aromatic heterocycles. The van der Waals surface area contributed by atoms with Gasteiger partial charge in [-0.1, -0.05) is 0 Å². The molecular formula is C11H15N7O3. The summed E-state index contributed by atoms with van der Waals surface area (Å²) < 4.78 is 2.97. The van der Waals surface area contributed by atoms with E-state index in [1.807, 2.05) is 0 Å². The Balaban J connectivity index is 1.94. The predicted octanol–water partition coefficient (Wildman–Crippen LogP) is -0.826. The van der Waals surface area contributed by atoms with E-state index in [0.29, 0.717) is 11.4 Å². The Bertz CT molecular complexity index is 648. The second-order valence-corrected chi connectivity index (χ2v) is 4.38. The van der Waals surface area contributed by atoms with Crippen LogP contribution in [0.5, 0.6) is 0 Å². The Hall–Kier alpha value is -2.91. The summed E-state index contributed by atoms with van der Waals surface area (Å²) in [5.41, 5.74) is 0.385. The van der Waals surface area contributed by atoms with E-state index in [9.17, 15) is 9.59 Å². The third-order valence-corrected chi connectivity index (χ3v) is 2.63. The van der Waals surface area contributed by atoms with Gasteiger partial charge >= 0.3 is 12.0 Å². The number of carboxylic acids is 1. The summed E-state index contributed by atoms with van der Waals surface area (Å²) >= 11 is 0. The van der Waals surface area contributed by atoms with Gasteiger partial charge < -0.3 is 15.7 Å². The van der Waals surface area contributed by atoms with Crippen LogP contribution in [0.4, 0.5) is 4.79 Å². The van der Waals surface area contributed by atoms with Gasteiger partial charge in [0, 0.05) is 25.9 Å². The number of urea groups is 1. The van der Waals surface area contributed by atoms with Crippen molar-refractivity contribution in [1.82, 2.24) is 35.2 Å². The zero-order valence-electron chi connectivity index (χ0n) is 11.5. The van der Waals surface area contributed by atoms with E-state index in [1.54, 1.807) is 14.1 Å². The molecule has 10 heteroatoms. The highest BCUT2D eigenvalue weighted by molar-refractivity contribution is 5.83. The maximum Gasteiger partial charge on any atom is 0.331 e. The SMILES string of the molecule is Cn1cc(C(NC(=O)NCc2ncn(C)n2)C(=O)O)cn1. The fraction of sp³-hybridized carbons (Fsp3) is 0.364. The molecule has 0 aliphatic heterocycles. The van der Waals surface area contributed by atoms with E-state index in [1.165, 1.54) is 28.1 Å². The first-order chi connectivity index (χ1) is 9.95. The molecule has 0 saturated carbocycles. The first-order valence-corrected chi connectivity index (χ1v) is 6.06. The molecule has 0 aliphatic rings. The van der Waals surface area contributed by atoms with Crippen LogP contribution in [0.2, 0.25) is 0 Å². The average Bonchev–Trinajstić information content (AvgIpc) is 3.02. The van der Waals surface area contributed by atoms with Crippen molar-refractivity contribution in [3.63, 3.8) is 0 Å². The molecule has 0 aromatic carbocycles. The molecule has 2 rings (SSSR count). The number of hydrogen-bond donors (Lipinski definition) is 3. The molecule has 21 heavy (non-hydrogen) atoms. The third kappa shape index (κ3) is 3.78. The van der Waals surface area contributed by atoms with Crippen molar-refractivity contribution in [2.24, 2.45) is 14.1 Å². The normalized spacial score (nSPS) is 11.9. The molecule has 0 aliphatic carbocycles. The number of carboxylic acid groups (broad SMARTS) is 1. The van der Waals surface area contributed by atoms with Crippen molar-refractivity contribution in [3.05, 3.63) is 30.1 Å². The molecule has 112 valence electrons. The van der Waals surface area contributed by atoms with Gasteiger partial charge in [-0.3, -0.25) is 9.36 Å². The molecule has 2 aromatic rings. The van der Waals surface area contributed by atoms with E-state index >= 15 is 0 Å². The van der Waals surface area contributed by atoms with Gasteiger partial charge in [-0.2, -0.15) is 10.2 Å². The van der Waals surface area contributed by atoms with Crippen molar-refractivity contribution >= 4 is 12.0 Å². The summed E-state index contributed by atoms with van der Waals surface area (Å²) in [5.74, 6) is -0.741. The number of nitrogens with zero attached hydrogens (tertiary/aromatic N) is 5. The van der Waals surface area contributed by atoms with Crippen LogP contribution >= 0.6 is 0 Å². The highest BCUT2D eigenvalue weighted by atomic mass is 16.4. The molecule has 0 fully saturated rings. The number of aryl methyl sites for hydroxylation is 2. The number of aromatic nitrogens is 5. The zero-order valence-corrected chi connectivity index (χ0v) is 11.5. The summed E-state index contributed by atoms with van der Waals surface area (Å²) in [6.45, 7) is 0.103. The number of rotatable bonds is 5. The van der Waals surface area contributed by atoms with Crippen molar-refractivity contribution in [2.75, 3.05) is 0 Å². The Morgan fingerprint density at radius 3 is 2.67 bits per heavy atom. The number of carbonyl (C=O) groups is 2. The summed E-state index contributed by atoms with van der Waals surface area (Å²) in [6, 6.07) is -1.80. The second kappa shape index (κ2) is 6.03. The van der Waals surface area contributed by atoms with Crippen molar-refractivity contribution < 1.29 is 14.7 Å². The lowest BCUT2D eigenvalue weighted by Gasteiger charge is -2.13. The highest BCUT2D eigenvalue weighted by Gasteiger charge is 2.23. The van der Waals surface area contributed by atoms with Crippen LogP contribution in [0.3, 0.4) is 0 Å². The number of carbonyl (C=O) groups excluding carboxylic acids is 1. The molecule has 1 atom stereocenters. The average molecular weight is 293 g/mol. The van der Waals surface area contributed by atoms with E-state index in [-0.39, 0.29) is 6.54 Å². The van der Waals surface area contributed by atoms with E-state index < -0.39 is 18.0 Å². The molecule has 10 nitrogen and oxygen atoms in total. The molecule has 2 heterocycles. The van der Waals surface area contributed by atoms with Gasteiger partial charge in [-0.15, -0.1) is 0 Å². The zero-order chi connectivity index (χ0) is 15.4. The standard InChI is InChI=1S/C11H15N7O3/c1-17-5-7(3-14-17)9(10(19)20)15-11(21)12-4-8-13-6-18(2)16-8/h3,5-6,9H,4H2,1-2H3,(H,19,20)(H2,12,15,21). The third-order valence-electron chi connectivity index (χ3n) is 2.63. The second-order valence-electron chi connectivity index (χ2n) is 4.38. The molecular weight excluding hydrogens is 278 g/mol. The summed E-state index contributed by atoms with van der Waals surface area (Å²) in [7, 11) is 3.37. The fourth-order valence-corrected chi connectivity index (χ4v) is 1.68. The molecule has 0 saturated heterocycles. The topological polar surface area (TPSA) is 127 Å². The number of hydrogen-bond acceptors (Lipinski definition) is 5. The Kier molecular flexibility index (Phi) is 4.16. The Morgan fingerprint density at radius 2 is 2.14 bits per heavy atom. The monoisotopic (exact) mass is 293 g/mol. The summed E-state index contributed by atoms with van der Waals surface area (Å²) in [5, 5.41) is 21.9. The van der Waals surface area contributed by atoms with Gasteiger partial charge in [0.15, 0.2) is 11.9 Å². The quantitative estimate of drug-likeness (QED) is 0.660. The Labute approximate surface area is 119 Å². The van der Waals surface area contributed by atoms with E-state index in [2.05, 4.69) is 25.8 Å². The summed E-state index contributed by atoms with van der Waals surface area (Å²) in [4.78, 5) is 26.9. The lowest BCUT2D eigenvalue weighted by Crippen LogP contribution is -2.40.